The molecule has 0 spiro atoms. The zero-order valence-electron chi connectivity index (χ0n) is 10.4. The first-order chi connectivity index (χ1) is 9.26. The number of carbonyl (C=O) groups is 2. The van der Waals surface area contributed by atoms with Gasteiger partial charge in [0.05, 0.1) is 17.3 Å². The topological polar surface area (TPSA) is 110 Å². The summed E-state index contributed by atoms with van der Waals surface area (Å²) in [6.07, 6.45) is 0. The first kappa shape index (κ1) is 16.3. The van der Waals surface area contributed by atoms with Crippen LogP contribution in [-0.4, -0.2) is 37.8 Å². The molecule has 1 rings (SSSR count). The van der Waals surface area contributed by atoms with Gasteiger partial charge < -0.3 is 9.84 Å². The molecule has 0 saturated carbocycles. The molecule has 0 unspecified atom stereocenters. The molecule has 0 saturated heterocycles. The molecule has 0 atom stereocenters. The van der Waals surface area contributed by atoms with Gasteiger partial charge in [0, 0.05) is 0 Å². The zero-order valence-corrected chi connectivity index (χ0v) is 12.0. The van der Waals surface area contributed by atoms with Crippen LogP contribution in [0.15, 0.2) is 18.2 Å². The van der Waals surface area contributed by atoms with Crippen molar-refractivity contribution in [2.75, 3.05) is 17.1 Å². The zero-order chi connectivity index (χ0) is 15.3. The summed E-state index contributed by atoms with van der Waals surface area (Å²) in [5, 5.41) is 8.88. The highest BCUT2D eigenvalue weighted by atomic mass is 35.5. The van der Waals surface area contributed by atoms with Crippen LogP contribution in [0.4, 0.5) is 5.69 Å². The summed E-state index contributed by atoms with van der Waals surface area (Å²) in [7, 11) is -4.08. The molecule has 7 nitrogen and oxygen atoms in total. The largest absolute Gasteiger partial charge is 0.478 e. The van der Waals surface area contributed by atoms with E-state index in [0.717, 1.165) is 0 Å². The molecular weight excluding hydrogens is 310 g/mol. The number of nitrogens with one attached hydrogen (secondary N) is 1. The second-order valence-corrected chi connectivity index (χ2v) is 5.76. The van der Waals surface area contributed by atoms with Gasteiger partial charge in [-0.25, -0.2) is 13.2 Å². The molecule has 0 fully saturated rings. The molecule has 9 heteroatoms. The Kier molecular flexibility index (Phi) is 5.34. The summed E-state index contributed by atoms with van der Waals surface area (Å²) in [6, 6.07) is 3.93. The Morgan fingerprint density at radius 3 is 2.60 bits per heavy atom. The number of rotatable bonds is 6. The maximum atomic E-state index is 11.7. The van der Waals surface area contributed by atoms with Crippen molar-refractivity contribution in [3.63, 3.8) is 0 Å². The van der Waals surface area contributed by atoms with Crippen molar-refractivity contribution in [2.45, 2.75) is 6.92 Å². The Morgan fingerprint density at radius 1 is 1.40 bits per heavy atom. The minimum atomic E-state index is -4.08. The van der Waals surface area contributed by atoms with Crippen molar-refractivity contribution < 1.29 is 27.9 Å². The Labute approximate surface area is 120 Å². The molecule has 0 bridgehead atoms. The summed E-state index contributed by atoms with van der Waals surface area (Å²) < 4.78 is 30.0. The predicted octanol–water partition coefficient (Wildman–Crippen LogP) is 1.34. The van der Waals surface area contributed by atoms with Crippen molar-refractivity contribution in [3.8, 4) is 0 Å². The number of aromatic carboxylic acids is 1. The van der Waals surface area contributed by atoms with Gasteiger partial charge in [-0.15, -0.1) is 0 Å². The van der Waals surface area contributed by atoms with Crippen LogP contribution < -0.4 is 4.72 Å². The van der Waals surface area contributed by atoms with Crippen molar-refractivity contribution in [1.82, 2.24) is 0 Å². The van der Waals surface area contributed by atoms with Gasteiger partial charge in [0.15, 0.2) is 5.75 Å². The van der Waals surface area contributed by atoms with Gasteiger partial charge in [0.25, 0.3) is 0 Å². The third-order valence-electron chi connectivity index (χ3n) is 2.11. The fourth-order valence-corrected chi connectivity index (χ4v) is 2.61. The van der Waals surface area contributed by atoms with Crippen LogP contribution in [-0.2, 0) is 19.6 Å². The number of ether oxygens (including phenoxy) is 1. The average molecular weight is 322 g/mol. The van der Waals surface area contributed by atoms with Crippen LogP contribution in [0, 0.1) is 0 Å². The standard InChI is InChI=1S/C11H12ClNO6S/c1-2-19-9(14)6-20(17,18)13-8-5-3-4-7(12)10(8)11(15)16/h3-5,13H,2,6H2,1H3,(H,15,16). The van der Waals surface area contributed by atoms with Gasteiger partial charge >= 0.3 is 11.9 Å². The fourth-order valence-electron chi connectivity index (χ4n) is 1.39. The minimum absolute atomic E-state index is 0.0475. The van der Waals surface area contributed by atoms with Crippen molar-refractivity contribution in [1.29, 1.82) is 0 Å². The Balaban J connectivity index is 3.01. The van der Waals surface area contributed by atoms with E-state index in [1.807, 2.05) is 4.72 Å². The van der Waals surface area contributed by atoms with Gasteiger partial charge in [-0.1, -0.05) is 17.7 Å². The molecule has 2 N–H and O–H groups in total. The molecule has 110 valence electrons. The lowest BCUT2D eigenvalue weighted by atomic mass is 10.2. The first-order valence-electron chi connectivity index (χ1n) is 5.44. The number of carbonyl (C=O) groups excluding carboxylic acids is 1. The van der Waals surface area contributed by atoms with Crippen LogP contribution in [0.2, 0.25) is 5.02 Å². The molecule has 0 heterocycles. The molecule has 0 aromatic heterocycles. The number of hydrogen-bond donors (Lipinski definition) is 2. The molecule has 1 aromatic carbocycles. The summed E-state index contributed by atoms with van der Waals surface area (Å²) in [6.45, 7) is 1.59. The van der Waals surface area contributed by atoms with E-state index in [9.17, 15) is 18.0 Å². The minimum Gasteiger partial charge on any atom is -0.478 e. The highest BCUT2D eigenvalue weighted by Crippen LogP contribution is 2.25. The number of carboxylic acid groups (broad SMARTS) is 1. The number of anilines is 1. The third-order valence-corrected chi connectivity index (χ3v) is 3.57. The summed E-state index contributed by atoms with van der Waals surface area (Å²) in [4.78, 5) is 22.2. The highest BCUT2D eigenvalue weighted by molar-refractivity contribution is 7.93. The van der Waals surface area contributed by atoms with Gasteiger partial charge in [0.1, 0.15) is 5.56 Å². The third kappa shape index (κ3) is 4.39. The number of carboxylic acids is 1. The van der Waals surface area contributed by atoms with E-state index in [-0.39, 0.29) is 22.9 Å². The van der Waals surface area contributed by atoms with Crippen molar-refractivity contribution >= 4 is 39.3 Å². The maximum absolute atomic E-state index is 11.7. The average Bonchev–Trinajstić information content (AvgIpc) is 2.26. The summed E-state index contributed by atoms with van der Waals surface area (Å²) in [5.74, 6) is -3.23. The van der Waals surface area contributed by atoms with E-state index in [4.69, 9.17) is 16.7 Å². The number of esters is 1. The number of hydrogen-bond acceptors (Lipinski definition) is 5. The number of sulfonamides is 1. The second kappa shape index (κ2) is 6.58. The lowest BCUT2D eigenvalue weighted by Gasteiger charge is -2.11. The van der Waals surface area contributed by atoms with Crippen LogP contribution in [0.5, 0.6) is 0 Å². The number of benzene rings is 1. The maximum Gasteiger partial charge on any atom is 0.339 e. The van der Waals surface area contributed by atoms with E-state index in [1.165, 1.54) is 25.1 Å². The molecular formula is C11H12ClNO6S. The summed E-state index contributed by atoms with van der Waals surface area (Å²) in [5.41, 5.74) is -0.601. The van der Waals surface area contributed by atoms with E-state index < -0.39 is 27.7 Å². The first-order valence-corrected chi connectivity index (χ1v) is 7.47. The SMILES string of the molecule is CCOC(=O)CS(=O)(=O)Nc1cccc(Cl)c1C(=O)O. The smallest absolute Gasteiger partial charge is 0.339 e. The number of halogens is 1. The lowest BCUT2D eigenvalue weighted by molar-refractivity contribution is -0.139. The van der Waals surface area contributed by atoms with E-state index >= 15 is 0 Å². The second-order valence-electron chi connectivity index (χ2n) is 3.63. The van der Waals surface area contributed by atoms with Crippen molar-refractivity contribution in [3.05, 3.63) is 28.8 Å². The fraction of sp³-hybridized carbons (Fsp3) is 0.273. The molecule has 0 amide bonds. The molecule has 0 aliphatic carbocycles. The van der Waals surface area contributed by atoms with E-state index in [1.54, 1.807) is 0 Å². The molecule has 0 radical (unpaired) electrons. The predicted molar refractivity (Wildman–Crippen MR) is 72.5 cm³/mol. The molecule has 1 aromatic rings. The van der Waals surface area contributed by atoms with E-state index in [0.29, 0.717) is 0 Å². The van der Waals surface area contributed by atoms with E-state index in [2.05, 4.69) is 4.74 Å². The highest BCUT2D eigenvalue weighted by Gasteiger charge is 2.22. The van der Waals surface area contributed by atoms with Crippen LogP contribution in [0.1, 0.15) is 17.3 Å². The Bertz CT molecular complexity index is 628. The lowest BCUT2D eigenvalue weighted by Crippen LogP contribution is -2.25. The Hall–Kier alpha value is -1.80. The normalized spacial score (nSPS) is 10.9. The van der Waals surface area contributed by atoms with Gasteiger partial charge in [-0.3, -0.25) is 9.52 Å². The van der Waals surface area contributed by atoms with Crippen molar-refractivity contribution in [2.24, 2.45) is 0 Å². The molecule has 0 aliphatic rings. The summed E-state index contributed by atoms with van der Waals surface area (Å²) >= 11 is 5.70. The van der Waals surface area contributed by atoms with Gasteiger partial charge in [0.2, 0.25) is 10.0 Å². The Morgan fingerprint density at radius 2 is 2.05 bits per heavy atom. The molecule has 20 heavy (non-hydrogen) atoms. The van der Waals surface area contributed by atoms with Crippen LogP contribution >= 0.6 is 11.6 Å². The van der Waals surface area contributed by atoms with Gasteiger partial charge in [-0.05, 0) is 19.1 Å². The van der Waals surface area contributed by atoms with Crippen LogP contribution in [0.3, 0.4) is 0 Å². The van der Waals surface area contributed by atoms with Gasteiger partial charge in [-0.2, -0.15) is 0 Å². The monoisotopic (exact) mass is 321 g/mol. The molecule has 0 aliphatic heterocycles. The van der Waals surface area contributed by atoms with Crippen LogP contribution in [0.25, 0.3) is 0 Å². The quantitative estimate of drug-likeness (QED) is 0.765.